The molecule has 22 heavy (non-hydrogen) atoms. The van der Waals surface area contributed by atoms with E-state index in [9.17, 15) is 0 Å². The lowest BCUT2D eigenvalue weighted by Crippen LogP contribution is -2.13. The molecule has 0 N–H and O–H groups in total. The number of ether oxygens (including phenoxy) is 2. The van der Waals surface area contributed by atoms with Crippen molar-refractivity contribution in [1.82, 2.24) is 5.01 Å². The lowest BCUT2D eigenvalue weighted by atomic mass is 9.99. The van der Waals surface area contributed by atoms with Gasteiger partial charge < -0.3 is 14.5 Å². The van der Waals surface area contributed by atoms with Gasteiger partial charge >= 0.3 is 0 Å². The molecule has 0 radical (unpaired) electrons. The monoisotopic (exact) mass is 296 g/mol. The Kier molecular flexibility index (Phi) is 4.51. The van der Waals surface area contributed by atoms with Gasteiger partial charge in [0, 0.05) is 14.1 Å². The Bertz CT molecular complexity index is 566. The first-order valence-corrected chi connectivity index (χ1v) is 7.36. The Balaban J connectivity index is 1.87. The van der Waals surface area contributed by atoms with E-state index in [1.54, 1.807) is 11.2 Å². The van der Waals surface area contributed by atoms with Gasteiger partial charge in [0.15, 0.2) is 6.29 Å². The van der Waals surface area contributed by atoms with E-state index in [4.69, 9.17) is 9.47 Å². The zero-order chi connectivity index (χ0) is 15.4. The maximum atomic E-state index is 6.07. The van der Waals surface area contributed by atoms with Gasteiger partial charge in [-0.15, -0.1) is 0 Å². The molecular formula is C18H20N2O2. The molecule has 2 aromatic carbocycles. The van der Waals surface area contributed by atoms with Crippen molar-refractivity contribution in [2.45, 2.75) is 18.5 Å². The number of hydrogen-bond acceptors (Lipinski definition) is 4. The second kappa shape index (κ2) is 6.73. The van der Waals surface area contributed by atoms with E-state index in [1.165, 1.54) is 0 Å². The number of benzene rings is 2. The highest BCUT2D eigenvalue weighted by molar-refractivity contribution is 5.61. The Labute approximate surface area is 131 Å². The summed E-state index contributed by atoms with van der Waals surface area (Å²) < 4.78 is 12.1. The van der Waals surface area contributed by atoms with Crippen LogP contribution >= 0.6 is 0 Å². The molecule has 4 nitrogen and oxygen atoms in total. The van der Waals surface area contributed by atoms with E-state index in [1.807, 2.05) is 50.5 Å². The largest absolute Gasteiger partial charge is 0.336 e. The third-order valence-electron chi connectivity index (χ3n) is 3.51. The van der Waals surface area contributed by atoms with Crippen LogP contribution in [0.2, 0.25) is 0 Å². The Morgan fingerprint density at radius 1 is 0.818 bits per heavy atom. The number of hydrazone groups is 1. The summed E-state index contributed by atoms with van der Waals surface area (Å²) in [4.78, 5) is 0. The molecule has 4 heteroatoms. The van der Waals surface area contributed by atoms with Gasteiger partial charge in [0.1, 0.15) is 12.2 Å². The molecule has 1 heterocycles. The molecule has 0 saturated carbocycles. The zero-order valence-electron chi connectivity index (χ0n) is 12.8. The molecular weight excluding hydrogens is 276 g/mol. The van der Waals surface area contributed by atoms with Gasteiger partial charge in [-0.25, -0.2) is 0 Å². The average Bonchev–Trinajstić information content (AvgIpc) is 2.99. The molecule has 0 spiro atoms. The van der Waals surface area contributed by atoms with E-state index in [0.717, 1.165) is 11.1 Å². The molecule has 1 aliphatic rings. The van der Waals surface area contributed by atoms with Crippen molar-refractivity contribution in [1.29, 1.82) is 0 Å². The van der Waals surface area contributed by atoms with Crippen LogP contribution in [0.4, 0.5) is 0 Å². The summed E-state index contributed by atoms with van der Waals surface area (Å²) in [6.07, 6.45) is 0.973. The smallest absolute Gasteiger partial charge is 0.197 e. The highest BCUT2D eigenvalue weighted by atomic mass is 16.7. The van der Waals surface area contributed by atoms with E-state index in [-0.39, 0.29) is 12.2 Å². The Morgan fingerprint density at radius 3 is 1.68 bits per heavy atom. The van der Waals surface area contributed by atoms with Crippen LogP contribution < -0.4 is 0 Å². The molecule has 2 aromatic rings. The third-order valence-corrected chi connectivity index (χ3v) is 3.51. The lowest BCUT2D eigenvalue weighted by molar-refractivity contribution is -0.0106. The number of hydrogen-bond donors (Lipinski definition) is 0. The van der Waals surface area contributed by atoms with Gasteiger partial charge in [-0.1, -0.05) is 60.7 Å². The minimum atomic E-state index is -0.446. The van der Waals surface area contributed by atoms with Gasteiger partial charge in [-0.2, -0.15) is 5.10 Å². The lowest BCUT2D eigenvalue weighted by Gasteiger charge is -2.17. The van der Waals surface area contributed by atoms with Gasteiger partial charge in [0.25, 0.3) is 0 Å². The minimum Gasteiger partial charge on any atom is -0.336 e. The standard InChI is InChI=1S/C18H20N2O2/c1-20(2)19-13-16-21-17(14-9-5-3-6-10-14)18(22-16)15-11-7-4-8-12-15/h3-13,16-18H,1-2H3/b19-13+/t17-,18-/m0/s1. The van der Waals surface area contributed by atoms with Crippen molar-refractivity contribution >= 4 is 6.21 Å². The molecule has 2 atom stereocenters. The fraction of sp³-hybridized carbons (Fsp3) is 0.278. The molecule has 0 unspecified atom stereocenters. The van der Waals surface area contributed by atoms with Crippen LogP contribution in [0.25, 0.3) is 0 Å². The van der Waals surface area contributed by atoms with Gasteiger partial charge in [-0.05, 0) is 11.1 Å². The predicted molar refractivity (Wildman–Crippen MR) is 86.5 cm³/mol. The second-order valence-electron chi connectivity index (χ2n) is 5.41. The molecule has 114 valence electrons. The molecule has 1 saturated heterocycles. The molecule has 3 rings (SSSR count). The van der Waals surface area contributed by atoms with Gasteiger partial charge in [0.2, 0.25) is 0 Å². The van der Waals surface area contributed by atoms with Crippen LogP contribution in [0.3, 0.4) is 0 Å². The van der Waals surface area contributed by atoms with Gasteiger partial charge in [-0.3, -0.25) is 0 Å². The van der Waals surface area contributed by atoms with E-state index in [2.05, 4.69) is 29.4 Å². The SMILES string of the molecule is CN(C)/N=C/C1O[C@@H](c2ccccc2)[C@H](c2ccccc2)O1. The highest BCUT2D eigenvalue weighted by Crippen LogP contribution is 2.42. The first kappa shape index (κ1) is 14.8. The van der Waals surface area contributed by atoms with Crippen molar-refractivity contribution in [3.63, 3.8) is 0 Å². The maximum Gasteiger partial charge on any atom is 0.197 e. The van der Waals surface area contributed by atoms with Crippen molar-refractivity contribution in [2.75, 3.05) is 14.1 Å². The summed E-state index contributed by atoms with van der Waals surface area (Å²) >= 11 is 0. The maximum absolute atomic E-state index is 6.07. The molecule has 0 amide bonds. The van der Waals surface area contributed by atoms with Crippen LogP contribution in [0.1, 0.15) is 23.3 Å². The van der Waals surface area contributed by atoms with Crippen LogP contribution in [0.5, 0.6) is 0 Å². The number of rotatable bonds is 4. The first-order chi connectivity index (χ1) is 10.7. The number of nitrogens with zero attached hydrogens (tertiary/aromatic N) is 2. The highest BCUT2D eigenvalue weighted by Gasteiger charge is 2.37. The zero-order valence-corrected chi connectivity index (χ0v) is 12.8. The van der Waals surface area contributed by atoms with Crippen LogP contribution in [0, 0.1) is 0 Å². The summed E-state index contributed by atoms with van der Waals surface area (Å²) in [6, 6.07) is 20.3. The predicted octanol–water partition coefficient (Wildman–Crippen LogP) is 3.39. The molecule has 0 aliphatic carbocycles. The van der Waals surface area contributed by atoms with Crippen LogP contribution in [-0.2, 0) is 9.47 Å². The molecule has 1 aliphatic heterocycles. The van der Waals surface area contributed by atoms with Crippen LogP contribution in [0.15, 0.2) is 65.8 Å². The van der Waals surface area contributed by atoms with Crippen LogP contribution in [-0.4, -0.2) is 31.6 Å². The Morgan fingerprint density at radius 2 is 1.27 bits per heavy atom. The molecule has 0 aromatic heterocycles. The first-order valence-electron chi connectivity index (χ1n) is 7.36. The quantitative estimate of drug-likeness (QED) is 0.640. The summed E-state index contributed by atoms with van der Waals surface area (Å²) in [5.41, 5.74) is 2.22. The summed E-state index contributed by atoms with van der Waals surface area (Å²) in [5, 5.41) is 5.94. The third kappa shape index (κ3) is 3.35. The van der Waals surface area contributed by atoms with Crippen molar-refractivity contribution < 1.29 is 9.47 Å². The van der Waals surface area contributed by atoms with E-state index in [0.29, 0.717) is 0 Å². The second-order valence-corrected chi connectivity index (χ2v) is 5.41. The molecule has 1 fully saturated rings. The Hall–Kier alpha value is -2.17. The van der Waals surface area contributed by atoms with Gasteiger partial charge in [0.05, 0.1) is 6.21 Å². The fourth-order valence-electron chi connectivity index (χ4n) is 2.51. The fourth-order valence-corrected chi connectivity index (χ4v) is 2.51. The normalized spacial score (nSPS) is 22.3. The minimum absolute atomic E-state index is 0.137. The van der Waals surface area contributed by atoms with E-state index >= 15 is 0 Å². The summed E-state index contributed by atoms with van der Waals surface area (Å²) in [7, 11) is 3.74. The topological polar surface area (TPSA) is 34.1 Å². The van der Waals surface area contributed by atoms with Crippen molar-refractivity contribution in [2.24, 2.45) is 5.10 Å². The summed E-state index contributed by atoms with van der Waals surface area (Å²) in [5.74, 6) is 0. The summed E-state index contributed by atoms with van der Waals surface area (Å²) in [6.45, 7) is 0. The van der Waals surface area contributed by atoms with Crippen molar-refractivity contribution in [3.05, 3.63) is 71.8 Å². The average molecular weight is 296 g/mol. The van der Waals surface area contributed by atoms with Crippen molar-refractivity contribution in [3.8, 4) is 0 Å². The van der Waals surface area contributed by atoms with E-state index < -0.39 is 6.29 Å². The molecule has 0 bridgehead atoms.